The average molecular weight is 196 g/mol. The van der Waals surface area contributed by atoms with E-state index in [-0.39, 0.29) is 12.0 Å². The molecule has 76 valence electrons. The van der Waals surface area contributed by atoms with E-state index in [4.69, 9.17) is 4.52 Å². The number of nitrogens with one attached hydrogen (secondary N) is 1. The summed E-state index contributed by atoms with van der Waals surface area (Å²) in [5, 5.41) is 6.43. The number of rotatable bonds is 2. The Kier molecular flexibility index (Phi) is 2.11. The fourth-order valence-electron chi connectivity index (χ4n) is 1.01. The molecule has 1 aromatic heterocycles. The third-order valence-corrected chi connectivity index (χ3v) is 2.01. The van der Waals surface area contributed by atoms with Crippen molar-refractivity contribution >= 4 is 12.0 Å². The van der Waals surface area contributed by atoms with Crippen molar-refractivity contribution < 1.29 is 9.32 Å². The van der Waals surface area contributed by atoms with Gasteiger partial charge in [0.2, 0.25) is 0 Å². The first-order valence-electron chi connectivity index (χ1n) is 4.51. The monoisotopic (exact) mass is 196 g/mol. The van der Waals surface area contributed by atoms with Crippen LogP contribution in [-0.4, -0.2) is 29.3 Å². The van der Waals surface area contributed by atoms with Gasteiger partial charge in [-0.3, -0.25) is 0 Å². The molecular formula is C8H12N4O2. The van der Waals surface area contributed by atoms with Gasteiger partial charge in [0.05, 0.1) is 0 Å². The second-order valence-electron chi connectivity index (χ2n) is 3.41. The van der Waals surface area contributed by atoms with E-state index in [1.807, 2.05) is 0 Å². The van der Waals surface area contributed by atoms with E-state index in [1.54, 1.807) is 14.0 Å². The minimum atomic E-state index is -0.198. The first-order chi connectivity index (χ1) is 6.66. The molecule has 14 heavy (non-hydrogen) atoms. The van der Waals surface area contributed by atoms with Gasteiger partial charge in [0.15, 0.2) is 5.82 Å². The zero-order valence-corrected chi connectivity index (χ0v) is 8.15. The lowest BCUT2D eigenvalue weighted by Gasteiger charge is -2.11. The Morgan fingerprint density at radius 2 is 2.36 bits per heavy atom. The van der Waals surface area contributed by atoms with Crippen LogP contribution in [0.25, 0.3) is 0 Å². The minimum Gasteiger partial charge on any atom is -0.335 e. The summed E-state index contributed by atoms with van der Waals surface area (Å²) in [4.78, 5) is 16.8. The van der Waals surface area contributed by atoms with Crippen LogP contribution >= 0.6 is 0 Å². The van der Waals surface area contributed by atoms with Gasteiger partial charge < -0.3 is 9.84 Å². The van der Waals surface area contributed by atoms with Gasteiger partial charge in [0, 0.05) is 13.1 Å². The van der Waals surface area contributed by atoms with Gasteiger partial charge in [0.25, 0.3) is 0 Å². The number of carbonyl (C=O) groups excluding carboxylic acids is 1. The van der Waals surface area contributed by atoms with Crippen LogP contribution in [0.3, 0.4) is 0 Å². The number of nitrogens with zero attached hydrogens (tertiary/aromatic N) is 3. The van der Waals surface area contributed by atoms with Crippen molar-refractivity contribution in [3.05, 3.63) is 5.82 Å². The molecule has 0 aliphatic heterocycles. The van der Waals surface area contributed by atoms with Crippen molar-refractivity contribution in [1.29, 1.82) is 0 Å². The summed E-state index contributed by atoms with van der Waals surface area (Å²) in [6.45, 7) is 1.71. The highest BCUT2D eigenvalue weighted by molar-refractivity contribution is 5.89. The first-order valence-corrected chi connectivity index (χ1v) is 4.51. The second-order valence-corrected chi connectivity index (χ2v) is 3.41. The Labute approximate surface area is 81.3 Å². The van der Waals surface area contributed by atoms with Crippen molar-refractivity contribution in [2.75, 3.05) is 11.9 Å². The second kappa shape index (κ2) is 3.28. The van der Waals surface area contributed by atoms with E-state index in [9.17, 15) is 4.79 Å². The van der Waals surface area contributed by atoms with E-state index in [2.05, 4.69) is 15.5 Å². The van der Waals surface area contributed by atoms with E-state index < -0.39 is 0 Å². The summed E-state index contributed by atoms with van der Waals surface area (Å²) in [6.07, 6.45) is 2.12. The topological polar surface area (TPSA) is 71.3 Å². The highest BCUT2D eigenvalue weighted by Crippen LogP contribution is 2.19. The number of anilines is 1. The molecule has 0 aromatic carbocycles. The highest BCUT2D eigenvalue weighted by Gasteiger charge is 2.26. The Bertz CT molecular complexity index is 345. The summed E-state index contributed by atoms with van der Waals surface area (Å²) in [5.74, 6) is 0.520. The quantitative estimate of drug-likeness (QED) is 0.755. The molecule has 0 spiro atoms. The molecule has 1 aromatic rings. The summed E-state index contributed by atoms with van der Waals surface area (Å²) in [5.41, 5.74) is 0. The average Bonchev–Trinajstić information content (AvgIpc) is 2.85. The molecule has 0 atom stereocenters. The predicted molar refractivity (Wildman–Crippen MR) is 49.0 cm³/mol. The number of urea groups is 1. The van der Waals surface area contributed by atoms with Crippen molar-refractivity contribution in [2.45, 2.75) is 25.8 Å². The van der Waals surface area contributed by atoms with Gasteiger partial charge >= 0.3 is 12.0 Å². The van der Waals surface area contributed by atoms with E-state index in [1.165, 1.54) is 4.90 Å². The van der Waals surface area contributed by atoms with Crippen LogP contribution in [0.2, 0.25) is 0 Å². The van der Waals surface area contributed by atoms with Crippen molar-refractivity contribution in [3.8, 4) is 0 Å². The SMILES string of the molecule is Cc1noc(N(C)C(=O)NC2CC2)n1. The molecule has 0 saturated heterocycles. The van der Waals surface area contributed by atoms with Crippen LogP contribution in [-0.2, 0) is 0 Å². The molecule has 6 nitrogen and oxygen atoms in total. The maximum Gasteiger partial charge on any atom is 0.331 e. The largest absolute Gasteiger partial charge is 0.335 e. The summed E-state index contributed by atoms with van der Waals surface area (Å²) < 4.78 is 4.85. The molecule has 1 heterocycles. The van der Waals surface area contributed by atoms with E-state index >= 15 is 0 Å². The smallest absolute Gasteiger partial charge is 0.331 e. The molecule has 1 fully saturated rings. The number of aromatic nitrogens is 2. The number of hydrogen-bond donors (Lipinski definition) is 1. The number of aryl methyl sites for hydroxylation is 1. The van der Waals surface area contributed by atoms with Crippen molar-refractivity contribution in [1.82, 2.24) is 15.5 Å². The first kappa shape index (κ1) is 8.98. The van der Waals surface area contributed by atoms with Gasteiger partial charge in [-0.1, -0.05) is 5.16 Å². The number of hydrogen-bond acceptors (Lipinski definition) is 4. The lowest BCUT2D eigenvalue weighted by Crippen LogP contribution is -2.38. The van der Waals surface area contributed by atoms with Gasteiger partial charge in [-0.05, 0) is 19.8 Å². The van der Waals surface area contributed by atoms with Crippen LogP contribution in [0.4, 0.5) is 10.8 Å². The Balaban J connectivity index is 1.99. The third kappa shape index (κ3) is 1.84. The van der Waals surface area contributed by atoms with Gasteiger partial charge in [-0.2, -0.15) is 4.98 Å². The summed E-state index contributed by atoms with van der Waals surface area (Å²) in [7, 11) is 1.60. The predicted octanol–water partition coefficient (Wildman–Crippen LogP) is 0.686. The lowest BCUT2D eigenvalue weighted by molar-refractivity contribution is 0.245. The normalized spacial score (nSPS) is 15.3. The van der Waals surface area contributed by atoms with Gasteiger partial charge in [-0.25, -0.2) is 9.69 Å². The minimum absolute atomic E-state index is 0.198. The molecule has 1 aliphatic rings. The van der Waals surface area contributed by atoms with Crippen molar-refractivity contribution in [2.24, 2.45) is 0 Å². The standard InChI is InChI=1S/C8H12N4O2/c1-5-9-8(14-11-5)12(2)7(13)10-6-3-4-6/h6H,3-4H2,1-2H3,(H,10,13). The lowest BCUT2D eigenvalue weighted by atomic mass is 10.6. The Morgan fingerprint density at radius 1 is 1.64 bits per heavy atom. The third-order valence-electron chi connectivity index (χ3n) is 2.01. The zero-order chi connectivity index (χ0) is 10.1. The number of amides is 2. The van der Waals surface area contributed by atoms with Crippen LogP contribution in [0.5, 0.6) is 0 Å². The maximum absolute atomic E-state index is 11.5. The summed E-state index contributed by atoms with van der Waals surface area (Å²) >= 11 is 0. The Hall–Kier alpha value is -1.59. The molecule has 2 rings (SSSR count). The highest BCUT2D eigenvalue weighted by atomic mass is 16.5. The van der Waals surface area contributed by atoms with Gasteiger partial charge in [0.1, 0.15) is 0 Å². The van der Waals surface area contributed by atoms with Crippen LogP contribution < -0.4 is 10.2 Å². The van der Waals surface area contributed by atoms with E-state index in [0.717, 1.165) is 12.8 Å². The molecule has 0 unspecified atom stereocenters. The molecular weight excluding hydrogens is 184 g/mol. The zero-order valence-electron chi connectivity index (χ0n) is 8.15. The fraction of sp³-hybridized carbons (Fsp3) is 0.625. The van der Waals surface area contributed by atoms with Gasteiger partial charge in [-0.15, -0.1) is 0 Å². The molecule has 0 radical (unpaired) electrons. The van der Waals surface area contributed by atoms with Crippen LogP contribution in [0.1, 0.15) is 18.7 Å². The van der Waals surface area contributed by atoms with Crippen LogP contribution in [0.15, 0.2) is 4.52 Å². The molecule has 6 heteroatoms. The fourth-order valence-corrected chi connectivity index (χ4v) is 1.01. The molecule has 2 amide bonds. The van der Waals surface area contributed by atoms with Crippen LogP contribution in [0, 0.1) is 6.92 Å². The molecule has 1 N–H and O–H groups in total. The van der Waals surface area contributed by atoms with Crippen molar-refractivity contribution in [3.63, 3.8) is 0 Å². The molecule has 1 aliphatic carbocycles. The summed E-state index contributed by atoms with van der Waals surface area (Å²) in [6, 6.07) is 0.353. The number of carbonyl (C=O) groups is 1. The molecule has 0 bridgehead atoms. The Morgan fingerprint density at radius 3 is 2.86 bits per heavy atom. The molecule has 1 saturated carbocycles. The maximum atomic E-state index is 11.5. The van der Waals surface area contributed by atoms with E-state index in [0.29, 0.717) is 11.9 Å².